The molecule has 0 atom stereocenters. The van der Waals surface area contributed by atoms with Crippen molar-refractivity contribution in [2.45, 2.75) is 39.0 Å². The fraction of sp³-hybridized carbons (Fsp3) is 0.923. The Bertz CT molecular complexity index is 415. The molecule has 0 aromatic rings. The molecular formula is C13H27N3O3S. The largest absolute Gasteiger partial charge is 0.356 e. The number of rotatable bonds is 7. The summed E-state index contributed by atoms with van der Waals surface area (Å²) in [6.07, 6.45) is 5.48. The molecule has 6 nitrogen and oxygen atoms in total. The first kappa shape index (κ1) is 17.4. The molecular weight excluding hydrogens is 278 g/mol. The van der Waals surface area contributed by atoms with Gasteiger partial charge in [0.1, 0.15) is 0 Å². The van der Waals surface area contributed by atoms with Crippen LogP contribution in [-0.4, -0.2) is 40.2 Å². The second-order valence-corrected chi connectivity index (χ2v) is 7.78. The summed E-state index contributed by atoms with van der Waals surface area (Å²) in [5.41, 5.74) is 5.40. The van der Waals surface area contributed by atoms with E-state index < -0.39 is 15.4 Å². The predicted molar refractivity (Wildman–Crippen MR) is 79.6 cm³/mol. The summed E-state index contributed by atoms with van der Waals surface area (Å²) in [6.45, 7) is 3.40. The van der Waals surface area contributed by atoms with Crippen LogP contribution in [0.1, 0.15) is 39.0 Å². The van der Waals surface area contributed by atoms with Crippen LogP contribution in [0.2, 0.25) is 0 Å². The number of hydrogen-bond donors (Lipinski definition) is 3. The van der Waals surface area contributed by atoms with Gasteiger partial charge < -0.3 is 11.1 Å². The first-order valence-corrected chi connectivity index (χ1v) is 9.11. The highest BCUT2D eigenvalue weighted by molar-refractivity contribution is 7.88. The number of amides is 1. The Morgan fingerprint density at radius 1 is 1.30 bits per heavy atom. The van der Waals surface area contributed by atoms with Crippen LogP contribution in [0.25, 0.3) is 0 Å². The van der Waals surface area contributed by atoms with E-state index in [1.165, 1.54) is 0 Å². The van der Waals surface area contributed by atoms with Crippen LogP contribution in [0.5, 0.6) is 0 Å². The van der Waals surface area contributed by atoms with Crippen LogP contribution >= 0.6 is 0 Å². The first-order chi connectivity index (χ1) is 9.29. The van der Waals surface area contributed by atoms with E-state index in [2.05, 4.69) is 17.0 Å². The molecule has 0 aromatic carbocycles. The van der Waals surface area contributed by atoms with E-state index in [0.717, 1.165) is 31.9 Å². The van der Waals surface area contributed by atoms with Crippen molar-refractivity contribution in [2.75, 3.05) is 25.9 Å². The van der Waals surface area contributed by atoms with Crippen molar-refractivity contribution in [3.8, 4) is 0 Å². The molecule has 1 fully saturated rings. The number of carbonyl (C=O) groups is 1. The van der Waals surface area contributed by atoms with Crippen molar-refractivity contribution in [3.63, 3.8) is 0 Å². The molecule has 0 saturated heterocycles. The van der Waals surface area contributed by atoms with Crippen molar-refractivity contribution in [3.05, 3.63) is 0 Å². The summed E-state index contributed by atoms with van der Waals surface area (Å²) in [5, 5.41) is 2.89. The predicted octanol–water partition coefficient (Wildman–Crippen LogP) is 0.197. The maximum Gasteiger partial charge on any atom is 0.227 e. The highest BCUT2D eigenvalue weighted by Gasteiger charge is 2.39. The van der Waals surface area contributed by atoms with Crippen LogP contribution in [0, 0.1) is 11.3 Å². The second kappa shape index (κ2) is 7.38. The number of carbonyl (C=O) groups excluding carboxylic acids is 1. The fourth-order valence-corrected chi connectivity index (χ4v) is 3.09. The molecule has 1 aliphatic rings. The lowest BCUT2D eigenvalue weighted by Crippen LogP contribution is -2.48. The molecule has 4 N–H and O–H groups in total. The molecule has 0 unspecified atom stereocenters. The molecule has 0 bridgehead atoms. The van der Waals surface area contributed by atoms with Gasteiger partial charge in [-0.15, -0.1) is 0 Å². The smallest absolute Gasteiger partial charge is 0.227 e. The highest BCUT2D eigenvalue weighted by atomic mass is 32.2. The van der Waals surface area contributed by atoms with Crippen molar-refractivity contribution in [1.29, 1.82) is 0 Å². The Labute approximate surface area is 121 Å². The third kappa shape index (κ3) is 5.38. The van der Waals surface area contributed by atoms with Crippen LogP contribution in [0.3, 0.4) is 0 Å². The lowest BCUT2D eigenvalue weighted by molar-refractivity contribution is -0.132. The zero-order valence-corrected chi connectivity index (χ0v) is 13.3. The molecule has 0 spiro atoms. The van der Waals surface area contributed by atoms with E-state index in [4.69, 9.17) is 5.73 Å². The Kier molecular flexibility index (Phi) is 6.42. The topological polar surface area (TPSA) is 101 Å². The van der Waals surface area contributed by atoms with Crippen LogP contribution in [0.4, 0.5) is 0 Å². The number of sulfonamides is 1. The third-order valence-electron chi connectivity index (χ3n) is 4.11. The normalized spacial score (nSPS) is 27.2. The average molecular weight is 305 g/mol. The number of nitrogens with two attached hydrogens (primary N) is 1. The van der Waals surface area contributed by atoms with E-state index >= 15 is 0 Å². The zero-order valence-electron chi connectivity index (χ0n) is 12.4. The molecule has 0 aliphatic heterocycles. The molecule has 0 aromatic heterocycles. The van der Waals surface area contributed by atoms with E-state index in [9.17, 15) is 13.2 Å². The maximum absolute atomic E-state index is 12.3. The molecule has 1 amide bonds. The van der Waals surface area contributed by atoms with Gasteiger partial charge in [-0.25, -0.2) is 13.1 Å². The van der Waals surface area contributed by atoms with Gasteiger partial charge in [-0.3, -0.25) is 4.79 Å². The summed E-state index contributed by atoms with van der Waals surface area (Å²) in [6, 6.07) is 0. The van der Waals surface area contributed by atoms with Gasteiger partial charge in [0, 0.05) is 19.6 Å². The van der Waals surface area contributed by atoms with Crippen molar-refractivity contribution < 1.29 is 13.2 Å². The van der Waals surface area contributed by atoms with Crippen LogP contribution in [0.15, 0.2) is 0 Å². The SMILES string of the molecule is CC1CCC(CN)(C(=O)NCCCNS(C)(=O)=O)CC1. The van der Waals surface area contributed by atoms with Gasteiger partial charge in [0.25, 0.3) is 0 Å². The van der Waals surface area contributed by atoms with Crippen LogP contribution < -0.4 is 15.8 Å². The summed E-state index contributed by atoms with van der Waals surface area (Å²) >= 11 is 0. The van der Waals surface area contributed by atoms with Crippen molar-refractivity contribution in [2.24, 2.45) is 17.1 Å². The van der Waals surface area contributed by atoms with Gasteiger partial charge in [-0.2, -0.15) is 0 Å². The number of nitrogens with one attached hydrogen (secondary N) is 2. The Hall–Kier alpha value is -0.660. The van der Waals surface area contributed by atoms with Crippen molar-refractivity contribution in [1.82, 2.24) is 10.0 Å². The van der Waals surface area contributed by atoms with E-state index in [1.54, 1.807) is 0 Å². The molecule has 20 heavy (non-hydrogen) atoms. The lowest BCUT2D eigenvalue weighted by atomic mass is 9.70. The van der Waals surface area contributed by atoms with Gasteiger partial charge in [0.15, 0.2) is 0 Å². The summed E-state index contributed by atoms with van der Waals surface area (Å²) in [5.74, 6) is 0.688. The summed E-state index contributed by atoms with van der Waals surface area (Å²) in [7, 11) is -3.15. The summed E-state index contributed by atoms with van der Waals surface area (Å²) in [4.78, 5) is 12.3. The lowest BCUT2D eigenvalue weighted by Gasteiger charge is -2.37. The molecule has 0 heterocycles. The van der Waals surface area contributed by atoms with E-state index in [0.29, 0.717) is 32.0 Å². The standard InChI is InChI=1S/C13H27N3O3S/c1-11-4-6-13(10-14,7-5-11)12(17)15-8-3-9-16-20(2,18)19/h11,16H,3-10,14H2,1-2H3,(H,15,17). The van der Waals surface area contributed by atoms with Gasteiger partial charge in [0.05, 0.1) is 11.7 Å². The molecule has 1 saturated carbocycles. The second-order valence-electron chi connectivity index (χ2n) is 5.94. The molecule has 0 radical (unpaired) electrons. The summed E-state index contributed by atoms with van der Waals surface area (Å²) < 4.78 is 24.2. The molecule has 1 rings (SSSR count). The quantitative estimate of drug-likeness (QED) is 0.585. The minimum absolute atomic E-state index is 0.0197. The highest BCUT2D eigenvalue weighted by Crippen LogP contribution is 2.38. The van der Waals surface area contributed by atoms with Gasteiger partial charge in [-0.1, -0.05) is 6.92 Å². The molecule has 1 aliphatic carbocycles. The fourth-order valence-electron chi connectivity index (χ4n) is 2.57. The van der Waals surface area contributed by atoms with Gasteiger partial charge >= 0.3 is 0 Å². The van der Waals surface area contributed by atoms with Crippen molar-refractivity contribution >= 4 is 15.9 Å². The van der Waals surface area contributed by atoms with E-state index in [1.807, 2.05) is 0 Å². The Morgan fingerprint density at radius 3 is 2.40 bits per heavy atom. The molecule has 118 valence electrons. The third-order valence-corrected chi connectivity index (χ3v) is 4.84. The van der Waals surface area contributed by atoms with Gasteiger partial charge in [-0.05, 0) is 38.0 Å². The maximum atomic E-state index is 12.3. The minimum Gasteiger partial charge on any atom is -0.356 e. The monoisotopic (exact) mass is 305 g/mol. The average Bonchev–Trinajstić information content (AvgIpc) is 2.38. The minimum atomic E-state index is -3.15. The van der Waals surface area contributed by atoms with E-state index in [-0.39, 0.29) is 5.91 Å². The van der Waals surface area contributed by atoms with Crippen LogP contribution in [-0.2, 0) is 14.8 Å². The Morgan fingerprint density at radius 2 is 1.90 bits per heavy atom. The number of hydrogen-bond acceptors (Lipinski definition) is 4. The van der Waals surface area contributed by atoms with Gasteiger partial charge in [0.2, 0.25) is 15.9 Å². The Balaban J connectivity index is 2.33. The zero-order chi connectivity index (χ0) is 15.2. The first-order valence-electron chi connectivity index (χ1n) is 7.22. The molecule has 7 heteroatoms.